The van der Waals surface area contributed by atoms with E-state index in [-0.39, 0.29) is 18.2 Å². The molecule has 0 spiro atoms. The molecule has 0 bridgehead atoms. The lowest BCUT2D eigenvalue weighted by molar-refractivity contribution is -0.149. The Morgan fingerprint density at radius 1 is 1.33 bits per heavy atom. The van der Waals surface area contributed by atoms with Crippen LogP contribution < -0.4 is 5.56 Å². The lowest BCUT2D eigenvalue weighted by Gasteiger charge is -2.11. The van der Waals surface area contributed by atoms with Crippen molar-refractivity contribution in [3.63, 3.8) is 0 Å². The number of fused-ring (bicyclic) bond motifs is 1. The van der Waals surface area contributed by atoms with Crippen LogP contribution >= 0.6 is 11.3 Å². The maximum absolute atomic E-state index is 12.8. The summed E-state index contributed by atoms with van der Waals surface area (Å²) in [6, 6.07) is 9.69. The van der Waals surface area contributed by atoms with Crippen LogP contribution in [0.1, 0.15) is 20.3 Å². The Labute approximate surface area is 143 Å². The molecule has 0 aliphatic rings. The van der Waals surface area contributed by atoms with Gasteiger partial charge in [0.1, 0.15) is 11.4 Å². The highest BCUT2D eigenvalue weighted by molar-refractivity contribution is 7.17. The van der Waals surface area contributed by atoms with Crippen molar-refractivity contribution >= 4 is 27.5 Å². The predicted octanol–water partition coefficient (Wildman–Crippen LogP) is 3.47. The van der Waals surface area contributed by atoms with Gasteiger partial charge in [-0.2, -0.15) is 0 Å². The lowest BCUT2D eigenvalue weighted by atomic mass is 10.1. The average molecular weight is 342 g/mol. The molecule has 1 atom stereocenters. The molecule has 0 saturated heterocycles. The third kappa shape index (κ3) is 3.23. The van der Waals surface area contributed by atoms with Crippen molar-refractivity contribution in [1.29, 1.82) is 0 Å². The Kier molecular flexibility index (Phi) is 4.76. The summed E-state index contributed by atoms with van der Waals surface area (Å²) in [6.07, 6.45) is 1.99. The summed E-state index contributed by atoms with van der Waals surface area (Å²) in [5, 5.41) is 2.47. The molecule has 1 unspecified atom stereocenters. The molecule has 0 fully saturated rings. The molecule has 0 amide bonds. The van der Waals surface area contributed by atoms with E-state index in [0.29, 0.717) is 10.2 Å². The standard InChI is InChI=1S/C18H18N2O3S/c1-3-12(2)23-15(21)9-20-11-19-17-16(18(20)22)14(10-24-17)13-7-5-4-6-8-13/h4-8,10-12H,3,9H2,1-2H3. The van der Waals surface area contributed by atoms with E-state index in [1.807, 2.05) is 49.6 Å². The first-order valence-electron chi connectivity index (χ1n) is 7.81. The average Bonchev–Trinajstić information content (AvgIpc) is 3.03. The van der Waals surface area contributed by atoms with Gasteiger partial charge in [0, 0.05) is 10.9 Å². The maximum atomic E-state index is 12.8. The summed E-state index contributed by atoms with van der Waals surface area (Å²) in [6.45, 7) is 3.64. The van der Waals surface area contributed by atoms with E-state index in [1.54, 1.807) is 0 Å². The second-order valence-electron chi connectivity index (χ2n) is 5.58. The molecule has 3 rings (SSSR count). The summed E-state index contributed by atoms with van der Waals surface area (Å²) in [4.78, 5) is 29.7. The summed E-state index contributed by atoms with van der Waals surface area (Å²) in [5.74, 6) is -0.427. The van der Waals surface area contributed by atoms with E-state index in [9.17, 15) is 9.59 Å². The number of carbonyl (C=O) groups is 1. The summed E-state index contributed by atoms with van der Waals surface area (Å²) in [5.41, 5.74) is 1.58. The normalized spacial score (nSPS) is 12.2. The fourth-order valence-corrected chi connectivity index (χ4v) is 3.30. The van der Waals surface area contributed by atoms with Gasteiger partial charge in [-0.1, -0.05) is 37.3 Å². The van der Waals surface area contributed by atoms with Crippen molar-refractivity contribution in [1.82, 2.24) is 9.55 Å². The molecule has 5 nitrogen and oxygen atoms in total. The summed E-state index contributed by atoms with van der Waals surface area (Å²) < 4.78 is 6.55. The highest BCUT2D eigenvalue weighted by Gasteiger charge is 2.15. The van der Waals surface area contributed by atoms with Gasteiger partial charge in [-0.05, 0) is 18.9 Å². The minimum Gasteiger partial charge on any atom is -0.461 e. The molecular weight excluding hydrogens is 324 g/mol. The van der Waals surface area contributed by atoms with Gasteiger partial charge in [-0.25, -0.2) is 4.98 Å². The molecule has 24 heavy (non-hydrogen) atoms. The molecule has 0 aliphatic heterocycles. The minimum atomic E-state index is -0.427. The highest BCUT2D eigenvalue weighted by atomic mass is 32.1. The highest BCUT2D eigenvalue weighted by Crippen LogP contribution is 2.30. The number of nitrogens with zero attached hydrogens (tertiary/aromatic N) is 2. The van der Waals surface area contributed by atoms with Crippen molar-refractivity contribution in [2.75, 3.05) is 0 Å². The van der Waals surface area contributed by atoms with Crippen molar-refractivity contribution in [2.45, 2.75) is 32.9 Å². The number of rotatable bonds is 5. The first kappa shape index (κ1) is 16.4. The van der Waals surface area contributed by atoms with Gasteiger partial charge in [0.05, 0.1) is 17.8 Å². The smallest absolute Gasteiger partial charge is 0.326 e. The van der Waals surface area contributed by atoms with E-state index in [2.05, 4.69) is 4.98 Å². The summed E-state index contributed by atoms with van der Waals surface area (Å²) in [7, 11) is 0. The molecular formula is C18H18N2O3S. The van der Waals surface area contributed by atoms with Crippen molar-refractivity contribution in [3.05, 3.63) is 52.4 Å². The zero-order valence-electron chi connectivity index (χ0n) is 13.6. The van der Waals surface area contributed by atoms with Gasteiger partial charge >= 0.3 is 5.97 Å². The number of hydrogen-bond donors (Lipinski definition) is 0. The lowest BCUT2D eigenvalue weighted by Crippen LogP contribution is -2.27. The van der Waals surface area contributed by atoms with Gasteiger partial charge in [-0.15, -0.1) is 11.3 Å². The van der Waals surface area contributed by atoms with Crippen LogP contribution in [0.5, 0.6) is 0 Å². The zero-order chi connectivity index (χ0) is 17.1. The molecule has 0 aliphatic carbocycles. The third-order valence-electron chi connectivity index (χ3n) is 3.85. The second-order valence-corrected chi connectivity index (χ2v) is 6.44. The van der Waals surface area contributed by atoms with Crippen LogP contribution in [0.3, 0.4) is 0 Å². The number of thiophene rings is 1. The van der Waals surface area contributed by atoms with Crippen LogP contribution in [0.4, 0.5) is 0 Å². The largest absolute Gasteiger partial charge is 0.461 e. The first-order chi connectivity index (χ1) is 11.6. The Balaban J connectivity index is 1.99. The Bertz CT molecular complexity index is 915. The van der Waals surface area contributed by atoms with E-state index in [0.717, 1.165) is 17.5 Å². The second kappa shape index (κ2) is 6.97. The van der Waals surface area contributed by atoms with Crippen molar-refractivity contribution < 1.29 is 9.53 Å². The predicted molar refractivity (Wildman–Crippen MR) is 95.2 cm³/mol. The minimum absolute atomic E-state index is 0.129. The molecule has 2 heterocycles. The number of aromatic nitrogens is 2. The number of esters is 1. The summed E-state index contributed by atoms with van der Waals surface area (Å²) >= 11 is 1.42. The zero-order valence-corrected chi connectivity index (χ0v) is 14.4. The molecule has 1 aromatic carbocycles. The topological polar surface area (TPSA) is 61.2 Å². The molecule has 6 heteroatoms. The van der Waals surface area contributed by atoms with Crippen molar-refractivity contribution in [3.8, 4) is 11.1 Å². The van der Waals surface area contributed by atoms with Gasteiger partial charge < -0.3 is 4.74 Å². The van der Waals surface area contributed by atoms with E-state index in [4.69, 9.17) is 4.74 Å². The number of benzene rings is 1. The number of ether oxygens (including phenoxy) is 1. The first-order valence-corrected chi connectivity index (χ1v) is 8.69. The Hall–Kier alpha value is -2.47. The molecule has 0 radical (unpaired) electrons. The van der Waals surface area contributed by atoms with Gasteiger partial charge in [0.2, 0.25) is 0 Å². The Morgan fingerprint density at radius 3 is 2.79 bits per heavy atom. The molecule has 0 saturated carbocycles. The van der Waals surface area contributed by atoms with Gasteiger partial charge in [0.15, 0.2) is 0 Å². The van der Waals surface area contributed by atoms with Gasteiger partial charge in [-0.3, -0.25) is 14.2 Å². The van der Waals surface area contributed by atoms with Crippen LogP contribution in [0.15, 0.2) is 46.8 Å². The number of hydrogen-bond acceptors (Lipinski definition) is 5. The fourth-order valence-electron chi connectivity index (χ4n) is 2.39. The fraction of sp³-hybridized carbons (Fsp3) is 0.278. The molecule has 3 aromatic rings. The SMILES string of the molecule is CCC(C)OC(=O)Cn1cnc2scc(-c3ccccc3)c2c1=O. The van der Waals surface area contributed by atoms with Crippen molar-refractivity contribution in [2.24, 2.45) is 0 Å². The Morgan fingerprint density at radius 2 is 2.08 bits per heavy atom. The monoisotopic (exact) mass is 342 g/mol. The van der Waals surface area contributed by atoms with Crippen LogP contribution in [0.2, 0.25) is 0 Å². The van der Waals surface area contributed by atoms with E-state index in [1.165, 1.54) is 22.2 Å². The van der Waals surface area contributed by atoms with Crippen LogP contribution in [-0.2, 0) is 16.1 Å². The molecule has 124 valence electrons. The maximum Gasteiger partial charge on any atom is 0.326 e. The van der Waals surface area contributed by atoms with Gasteiger partial charge in [0.25, 0.3) is 5.56 Å². The number of carbonyl (C=O) groups excluding carboxylic acids is 1. The van der Waals surface area contributed by atoms with Crippen LogP contribution in [0.25, 0.3) is 21.3 Å². The van der Waals surface area contributed by atoms with E-state index >= 15 is 0 Å². The molecule has 2 aromatic heterocycles. The van der Waals surface area contributed by atoms with Crippen LogP contribution in [0, 0.1) is 0 Å². The quantitative estimate of drug-likeness (QED) is 0.666. The van der Waals surface area contributed by atoms with Crippen LogP contribution in [-0.4, -0.2) is 21.6 Å². The van der Waals surface area contributed by atoms with E-state index < -0.39 is 5.97 Å². The third-order valence-corrected chi connectivity index (χ3v) is 4.74. The molecule has 0 N–H and O–H groups in total.